The van der Waals surface area contributed by atoms with Crippen molar-refractivity contribution in [2.24, 2.45) is 5.73 Å². The number of aliphatic carboxylic acids is 1. The summed E-state index contributed by atoms with van der Waals surface area (Å²) >= 11 is 0. The van der Waals surface area contributed by atoms with Crippen LogP contribution in [0.3, 0.4) is 0 Å². The largest absolute Gasteiger partial charge is 0.481 e. The molecular formula is C12H27N3O2. The van der Waals surface area contributed by atoms with Crippen molar-refractivity contribution in [2.45, 2.75) is 38.5 Å². The van der Waals surface area contributed by atoms with E-state index in [1.807, 2.05) is 0 Å². The van der Waals surface area contributed by atoms with E-state index < -0.39 is 5.97 Å². The molecule has 0 bridgehead atoms. The molecule has 0 saturated heterocycles. The van der Waals surface area contributed by atoms with E-state index in [4.69, 9.17) is 10.8 Å². The maximum Gasteiger partial charge on any atom is 0.303 e. The zero-order valence-corrected chi connectivity index (χ0v) is 10.7. The molecule has 0 fully saturated rings. The second-order valence-corrected chi connectivity index (χ2v) is 4.20. The number of carbonyl (C=O) groups is 1. The monoisotopic (exact) mass is 245 g/mol. The highest BCUT2D eigenvalue weighted by molar-refractivity contribution is 5.66. The quantitative estimate of drug-likeness (QED) is 0.356. The van der Waals surface area contributed by atoms with Crippen LogP contribution in [0.1, 0.15) is 38.5 Å². The summed E-state index contributed by atoms with van der Waals surface area (Å²) in [6.45, 7) is 4.77. The number of unbranched alkanes of at least 4 members (excludes halogenated alkanes) is 2. The Labute approximate surface area is 104 Å². The zero-order valence-electron chi connectivity index (χ0n) is 10.7. The van der Waals surface area contributed by atoms with Crippen LogP contribution in [0, 0.1) is 0 Å². The third-order valence-corrected chi connectivity index (χ3v) is 2.51. The predicted octanol–water partition coefficient (Wildman–Crippen LogP) is 0.550. The fraction of sp³-hybridized carbons (Fsp3) is 0.917. The van der Waals surface area contributed by atoms with Crippen molar-refractivity contribution >= 4 is 5.97 Å². The second kappa shape index (κ2) is 13.4. The average molecular weight is 245 g/mol. The van der Waals surface area contributed by atoms with Crippen LogP contribution in [0.2, 0.25) is 0 Å². The first-order valence-corrected chi connectivity index (χ1v) is 6.60. The van der Waals surface area contributed by atoms with Gasteiger partial charge in [0.25, 0.3) is 0 Å². The molecule has 0 aliphatic rings. The van der Waals surface area contributed by atoms with Crippen LogP contribution in [-0.4, -0.2) is 43.8 Å². The molecule has 0 saturated carbocycles. The first-order valence-electron chi connectivity index (χ1n) is 6.60. The topological polar surface area (TPSA) is 87.4 Å². The Morgan fingerprint density at radius 3 is 1.82 bits per heavy atom. The van der Waals surface area contributed by atoms with Gasteiger partial charge in [-0.3, -0.25) is 4.79 Å². The highest BCUT2D eigenvalue weighted by Gasteiger charge is 1.95. The molecular weight excluding hydrogens is 218 g/mol. The molecule has 0 rings (SSSR count). The van der Waals surface area contributed by atoms with Gasteiger partial charge in [0.2, 0.25) is 0 Å². The molecule has 0 heterocycles. The van der Waals surface area contributed by atoms with Gasteiger partial charge in [-0.2, -0.15) is 0 Å². The van der Waals surface area contributed by atoms with Gasteiger partial charge < -0.3 is 21.5 Å². The van der Waals surface area contributed by atoms with E-state index >= 15 is 0 Å². The lowest BCUT2D eigenvalue weighted by Gasteiger charge is -2.05. The van der Waals surface area contributed by atoms with Crippen molar-refractivity contribution in [3.63, 3.8) is 0 Å². The van der Waals surface area contributed by atoms with Crippen molar-refractivity contribution in [1.82, 2.24) is 10.6 Å². The van der Waals surface area contributed by atoms with Gasteiger partial charge in [0.1, 0.15) is 0 Å². The van der Waals surface area contributed by atoms with Crippen LogP contribution >= 0.6 is 0 Å². The zero-order chi connectivity index (χ0) is 12.8. The van der Waals surface area contributed by atoms with Crippen LogP contribution in [0.4, 0.5) is 0 Å². The van der Waals surface area contributed by atoms with E-state index in [0.29, 0.717) is 0 Å². The van der Waals surface area contributed by atoms with Crippen LogP contribution in [-0.2, 0) is 4.79 Å². The first kappa shape index (κ1) is 16.4. The fourth-order valence-electron chi connectivity index (χ4n) is 1.50. The van der Waals surface area contributed by atoms with Crippen molar-refractivity contribution < 1.29 is 9.90 Å². The summed E-state index contributed by atoms with van der Waals surface area (Å²) < 4.78 is 0. The number of hydrogen-bond donors (Lipinski definition) is 4. The van der Waals surface area contributed by atoms with E-state index in [1.165, 1.54) is 6.42 Å². The average Bonchev–Trinajstić information content (AvgIpc) is 2.30. The molecule has 5 N–H and O–H groups in total. The van der Waals surface area contributed by atoms with Gasteiger partial charge in [0.15, 0.2) is 0 Å². The number of nitrogens with one attached hydrogen (secondary N) is 2. The summed E-state index contributed by atoms with van der Waals surface area (Å²) in [6.07, 6.45) is 5.37. The standard InChI is InChI=1S/C12H27N3O2/c13-7-5-11-15-10-4-3-9-14-8-2-1-6-12(16)17/h14-15H,1-11,13H2,(H,16,17). The molecule has 0 unspecified atom stereocenters. The van der Waals surface area contributed by atoms with Gasteiger partial charge in [-0.1, -0.05) is 0 Å². The highest BCUT2D eigenvalue weighted by Crippen LogP contribution is 1.93. The number of hydrogen-bond acceptors (Lipinski definition) is 4. The third-order valence-electron chi connectivity index (χ3n) is 2.51. The minimum absolute atomic E-state index is 0.284. The van der Waals surface area contributed by atoms with Crippen molar-refractivity contribution in [3.8, 4) is 0 Å². The first-order chi connectivity index (χ1) is 8.27. The maximum absolute atomic E-state index is 10.2. The summed E-state index contributed by atoms with van der Waals surface area (Å²) in [7, 11) is 0. The van der Waals surface area contributed by atoms with Gasteiger partial charge in [-0.25, -0.2) is 0 Å². The minimum atomic E-state index is -0.700. The van der Waals surface area contributed by atoms with Crippen LogP contribution in [0.25, 0.3) is 0 Å². The maximum atomic E-state index is 10.2. The van der Waals surface area contributed by atoms with Crippen LogP contribution in [0.5, 0.6) is 0 Å². The van der Waals surface area contributed by atoms with Crippen LogP contribution < -0.4 is 16.4 Å². The van der Waals surface area contributed by atoms with Gasteiger partial charge in [0.05, 0.1) is 0 Å². The van der Waals surface area contributed by atoms with Gasteiger partial charge >= 0.3 is 5.97 Å². The molecule has 0 amide bonds. The van der Waals surface area contributed by atoms with E-state index in [2.05, 4.69) is 10.6 Å². The molecule has 0 aliphatic carbocycles. The smallest absolute Gasteiger partial charge is 0.303 e. The number of carboxylic acids is 1. The summed E-state index contributed by atoms with van der Waals surface area (Å²) in [5, 5.41) is 15.1. The van der Waals surface area contributed by atoms with E-state index in [1.54, 1.807) is 0 Å². The van der Waals surface area contributed by atoms with Gasteiger partial charge in [-0.05, 0) is 64.8 Å². The lowest BCUT2D eigenvalue weighted by Crippen LogP contribution is -2.21. The molecule has 102 valence electrons. The Bertz CT molecular complexity index is 177. The normalized spacial score (nSPS) is 10.6. The molecule has 5 heteroatoms. The summed E-state index contributed by atoms with van der Waals surface area (Å²) in [4.78, 5) is 10.2. The summed E-state index contributed by atoms with van der Waals surface area (Å²) in [6, 6.07) is 0. The Balaban J connectivity index is 2.91. The molecule has 5 nitrogen and oxygen atoms in total. The predicted molar refractivity (Wildman–Crippen MR) is 70.1 cm³/mol. The van der Waals surface area contributed by atoms with E-state index in [-0.39, 0.29) is 6.42 Å². The molecule has 0 aromatic carbocycles. The summed E-state index contributed by atoms with van der Waals surface area (Å²) in [5.41, 5.74) is 5.38. The Morgan fingerprint density at radius 1 is 0.882 bits per heavy atom. The Kier molecular flexibility index (Phi) is 12.9. The van der Waals surface area contributed by atoms with E-state index in [9.17, 15) is 4.79 Å². The third kappa shape index (κ3) is 15.4. The van der Waals surface area contributed by atoms with Crippen molar-refractivity contribution in [2.75, 3.05) is 32.7 Å². The lowest BCUT2D eigenvalue weighted by molar-refractivity contribution is -0.137. The summed E-state index contributed by atoms with van der Waals surface area (Å²) in [5.74, 6) is -0.700. The van der Waals surface area contributed by atoms with Gasteiger partial charge in [-0.15, -0.1) is 0 Å². The Hall–Kier alpha value is -0.650. The minimum Gasteiger partial charge on any atom is -0.481 e. The lowest BCUT2D eigenvalue weighted by atomic mass is 10.2. The van der Waals surface area contributed by atoms with Gasteiger partial charge in [0, 0.05) is 6.42 Å². The number of carboxylic acid groups (broad SMARTS) is 1. The van der Waals surface area contributed by atoms with Crippen molar-refractivity contribution in [1.29, 1.82) is 0 Å². The molecule has 0 atom stereocenters. The molecule has 0 aliphatic heterocycles. The molecule has 0 spiro atoms. The molecule has 0 aromatic rings. The molecule has 0 aromatic heterocycles. The second-order valence-electron chi connectivity index (χ2n) is 4.20. The number of rotatable bonds is 13. The Morgan fingerprint density at radius 2 is 1.35 bits per heavy atom. The SMILES string of the molecule is NCCCNCCCCNCCCCC(=O)O. The highest BCUT2D eigenvalue weighted by atomic mass is 16.4. The fourth-order valence-corrected chi connectivity index (χ4v) is 1.50. The molecule has 0 radical (unpaired) electrons. The molecule has 17 heavy (non-hydrogen) atoms. The van der Waals surface area contributed by atoms with E-state index in [0.717, 1.165) is 58.4 Å². The van der Waals surface area contributed by atoms with Crippen LogP contribution in [0.15, 0.2) is 0 Å². The van der Waals surface area contributed by atoms with Crippen molar-refractivity contribution in [3.05, 3.63) is 0 Å². The number of nitrogens with two attached hydrogens (primary N) is 1.